The Balaban J connectivity index is 1.57. The van der Waals surface area contributed by atoms with E-state index in [1.807, 2.05) is 24.3 Å². The first-order valence-electron chi connectivity index (χ1n) is 10.4. The third kappa shape index (κ3) is 4.50. The van der Waals surface area contributed by atoms with Crippen LogP contribution in [0.15, 0.2) is 52.4 Å². The average molecular weight is 423 g/mol. The van der Waals surface area contributed by atoms with Gasteiger partial charge in [-0.2, -0.15) is 0 Å². The number of Topliss-reactive ketones (excluding diaryl/α,β-unsaturated/α-hetero) is 1. The van der Waals surface area contributed by atoms with Gasteiger partial charge in [0.15, 0.2) is 10.9 Å². The molecule has 1 heterocycles. The minimum absolute atomic E-state index is 0.0687. The monoisotopic (exact) mass is 422 g/mol. The van der Waals surface area contributed by atoms with Gasteiger partial charge in [0.2, 0.25) is 0 Å². The van der Waals surface area contributed by atoms with E-state index in [1.54, 1.807) is 17.7 Å². The fourth-order valence-corrected chi connectivity index (χ4v) is 4.86. The lowest BCUT2D eigenvalue weighted by molar-refractivity contribution is 0.102. The average Bonchev–Trinajstić information content (AvgIpc) is 2.79. The summed E-state index contributed by atoms with van der Waals surface area (Å²) < 4.78 is 6.81. The molecule has 0 aliphatic heterocycles. The number of ketones is 1. The van der Waals surface area contributed by atoms with E-state index in [1.165, 1.54) is 35.7 Å². The molecule has 30 heavy (non-hydrogen) atoms. The topological polar surface area (TPSA) is 61.2 Å². The number of fused-ring (bicyclic) bond motifs is 2. The van der Waals surface area contributed by atoms with E-state index in [4.69, 9.17) is 4.74 Å². The Morgan fingerprint density at radius 2 is 1.93 bits per heavy atom. The number of hydrogen-bond donors (Lipinski definition) is 0. The molecule has 0 spiro atoms. The summed E-state index contributed by atoms with van der Waals surface area (Å²) in [7, 11) is 1.65. The van der Waals surface area contributed by atoms with Gasteiger partial charge in [0.25, 0.3) is 5.56 Å². The minimum Gasteiger partial charge on any atom is -0.385 e. The number of carbonyl (C=O) groups is 1. The summed E-state index contributed by atoms with van der Waals surface area (Å²) in [5.41, 5.74) is 4.01. The Kier molecular flexibility index (Phi) is 6.65. The summed E-state index contributed by atoms with van der Waals surface area (Å²) in [4.78, 5) is 30.6. The predicted molar refractivity (Wildman–Crippen MR) is 121 cm³/mol. The van der Waals surface area contributed by atoms with Crippen LogP contribution in [0.3, 0.4) is 0 Å². The van der Waals surface area contributed by atoms with Gasteiger partial charge in [0, 0.05) is 25.8 Å². The van der Waals surface area contributed by atoms with Gasteiger partial charge in [0.1, 0.15) is 0 Å². The zero-order valence-corrected chi connectivity index (χ0v) is 18.0. The number of carbonyl (C=O) groups excluding carboxylic acids is 1. The number of aryl methyl sites for hydroxylation is 2. The Hall–Kier alpha value is -2.44. The molecule has 0 bridgehead atoms. The number of benzene rings is 2. The fraction of sp³-hybridized carbons (Fsp3) is 0.375. The van der Waals surface area contributed by atoms with E-state index in [-0.39, 0.29) is 17.1 Å². The molecule has 2 aromatic carbocycles. The molecule has 5 nitrogen and oxygen atoms in total. The standard InChI is InChI=1S/C24H26N2O3S/c1-29-14-6-13-26-23(28)20-9-4-5-10-21(20)25-24(26)30-16-22(27)19-12-11-17-7-2-3-8-18(17)15-19/h4-5,9-12,15H,2-3,6-8,13-14,16H2,1H3. The molecule has 0 radical (unpaired) electrons. The maximum atomic E-state index is 13.0. The molecule has 0 fully saturated rings. The van der Waals surface area contributed by atoms with Gasteiger partial charge >= 0.3 is 0 Å². The quantitative estimate of drug-likeness (QED) is 0.235. The van der Waals surface area contributed by atoms with Crippen molar-refractivity contribution in [1.29, 1.82) is 0 Å². The Labute approximate surface area is 180 Å². The lowest BCUT2D eigenvalue weighted by Gasteiger charge is -2.16. The molecule has 4 rings (SSSR count). The first-order chi connectivity index (χ1) is 14.7. The van der Waals surface area contributed by atoms with Crippen LogP contribution in [0.25, 0.3) is 10.9 Å². The van der Waals surface area contributed by atoms with Gasteiger partial charge in [-0.1, -0.05) is 36.0 Å². The van der Waals surface area contributed by atoms with Crippen molar-refractivity contribution in [3.05, 3.63) is 69.5 Å². The highest BCUT2D eigenvalue weighted by Crippen LogP contribution is 2.24. The molecule has 0 saturated carbocycles. The molecule has 1 aliphatic rings. The first kappa shape index (κ1) is 20.8. The van der Waals surface area contributed by atoms with Gasteiger partial charge in [-0.3, -0.25) is 14.2 Å². The molecule has 1 aliphatic carbocycles. The SMILES string of the molecule is COCCCn1c(SCC(=O)c2ccc3c(c2)CCCC3)nc2ccccc2c1=O. The van der Waals surface area contributed by atoms with Crippen LogP contribution in [0.4, 0.5) is 0 Å². The smallest absolute Gasteiger partial charge is 0.262 e. The van der Waals surface area contributed by atoms with E-state index in [0.29, 0.717) is 35.6 Å². The molecule has 6 heteroatoms. The Morgan fingerprint density at radius 1 is 1.13 bits per heavy atom. The molecule has 0 N–H and O–H groups in total. The van der Waals surface area contributed by atoms with Crippen LogP contribution in [-0.4, -0.2) is 34.8 Å². The second-order valence-electron chi connectivity index (χ2n) is 7.62. The largest absolute Gasteiger partial charge is 0.385 e. The third-order valence-corrected chi connectivity index (χ3v) is 6.54. The van der Waals surface area contributed by atoms with E-state index in [9.17, 15) is 9.59 Å². The Morgan fingerprint density at radius 3 is 2.77 bits per heavy atom. The molecule has 0 saturated heterocycles. The van der Waals surface area contributed by atoms with Crippen molar-refractivity contribution in [2.45, 2.75) is 43.8 Å². The number of hydrogen-bond acceptors (Lipinski definition) is 5. The van der Waals surface area contributed by atoms with Crippen LogP contribution in [0.5, 0.6) is 0 Å². The molecule has 0 unspecified atom stereocenters. The van der Waals surface area contributed by atoms with Gasteiger partial charge < -0.3 is 4.74 Å². The van der Waals surface area contributed by atoms with E-state index < -0.39 is 0 Å². The maximum Gasteiger partial charge on any atom is 0.262 e. The van der Waals surface area contributed by atoms with E-state index in [0.717, 1.165) is 18.4 Å². The molecule has 0 amide bonds. The van der Waals surface area contributed by atoms with Crippen LogP contribution in [-0.2, 0) is 24.1 Å². The maximum absolute atomic E-state index is 13.0. The highest BCUT2D eigenvalue weighted by Gasteiger charge is 2.16. The number of rotatable bonds is 8. The van der Waals surface area contributed by atoms with Crippen LogP contribution < -0.4 is 5.56 Å². The van der Waals surface area contributed by atoms with Gasteiger partial charge in [-0.15, -0.1) is 0 Å². The molecular weight excluding hydrogens is 396 g/mol. The highest BCUT2D eigenvalue weighted by molar-refractivity contribution is 7.99. The first-order valence-corrected chi connectivity index (χ1v) is 11.4. The fourth-order valence-electron chi connectivity index (χ4n) is 3.94. The lowest BCUT2D eigenvalue weighted by atomic mass is 9.90. The summed E-state index contributed by atoms with van der Waals surface area (Å²) in [6, 6.07) is 13.4. The number of nitrogens with zero attached hydrogens (tertiary/aromatic N) is 2. The predicted octanol–water partition coefficient (Wildman–Crippen LogP) is 4.29. The van der Waals surface area contributed by atoms with Gasteiger partial charge in [-0.05, 0) is 61.4 Å². The van der Waals surface area contributed by atoms with Crippen molar-refractivity contribution < 1.29 is 9.53 Å². The van der Waals surface area contributed by atoms with E-state index >= 15 is 0 Å². The number of ether oxygens (including phenoxy) is 1. The number of para-hydroxylation sites is 1. The van der Waals surface area contributed by atoms with Crippen molar-refractivity contribution in [3.63, 3.8) is 0 Å². The number of aromatic nitrogens is 2. The normalized spacial score (nSPS) is 13.4. The molecule has 3 aromatic rings. The molecule has 1 aromatic heterocycles. The summed E-state index contributed by atoms with van der Waals surface area (Å²) in [5.74, 6) is 0.327. The Bertz CT molecular complexity index is 1120. The zero-order chi connectivity index (χ0) is 20.9. The van der Waals surface area contributed by atoms with Gasteiger partial charge in [-0.25, -0.2) is 4.98 Å². The summed E-state index contributed by atoms with van der Waals surface area (Å²) in [6.45, 7) is 1.08. The van der Waals surface area contributed by atoms with Crippen LogP contribution in [0.1, 0.15) is 40.7 Å². The van der Waals surface area contributed by atoms with Crippen molar-refractivity contribution in [2.24, 2.45) is 0 Å². The third-order valence-electron chi connectivity index (χ3n) is 5.56. The second kappa shape index (κ2) is 9.58. The molecule has 156 valence electrons. The molecular formula is C24H26N2O3S. The number of thioether (sulfide) groups is 1. The second-order valence-corrected chi connectivity index (χ2v) is 8.56. The van der Waals surface area contributed by atoms with Gasteiger partial charge in [0.05, 0.1) is 16.7 Å². The van der Waals surface area contributed by atoms with Crippen molar-refractivity contribution in [3.8, 4) is 0 Å². The summed E-state index contributed by atoms with van der Waals surface area (Å²) >= 11 is 1.34. The minimum atomic E-state index is -0.0690. The lowest BCUT2D eigenvalue weighted by Crippen LogP contribution is -2.24. The zero-order valence-electron chi connectivity index (χ0n) is 17.2. The summed E-state index contributed by atoms with van der Waals surface area (Å²) in [6.07, 6.45) is 5.28. The molecule has 0 atom stereocenters. The van der Waals surface area contributed by atoms with Crippen molar-refractivity contribution in [2.75, 3.05) is 19.5 Å². The van der Waals surface area contributed by atoms with Crippen LogP contribution in [0.2, 0.25) is 0 Å². The van der Waals surface area contributed by atoms with Crippen molar-refractivity contribution >= 4 is 28.4 Å². The van der Waals surface area contributed by atoms with Crippen LogP contribution in [0, 0.1) is 0 Å². The summed E-state index contributed by atoms with van der Waals surface area (Å²) in [5, 5.41) is 1.18. The number of methoxy groups -OCH3 is 1. The van der Waals surface area contributed by atoms with Crippen molar-refractivity contribution in [1.82, 2.24) is 9.55 Å². The highest BCUT2D eigenvalue weighted by atomic mass is 32.2. The van der Waals surface area contributed by atoms with Crippen LogP contribution >= 0.6 is 11.8 Å². The van der Waals surface area contributed by atoms with E-state index in [2.05, 4.69) is 17.1 Å².